The Hall–Kier alpha value is -8.42. The maximum absolute atomic E-state index is 6.07. The van der Waals surface area contributed by atoms with Gasteiger partial charge in [0.1, 0.15) is 22.7 Å². The molecule has 2 aliphatic rings. The molecule has 0 spiro atoms. The molecule has 0 saturated carbocycles. The number of nitrogens with zero attached hydrogens (tertiary/aromatic N) is 6. The largest absolute Gasteiger partial charge is 0.307 e. The summed E-state index contributed by atoms with van der Waals surface area (Å²) in [5.74, 6) is 1.92. The molecule has 15 rings (SSSR count). The van der Waals surface area contributed by atoms with Gasteiger partial charge >= 0.3 is 0 Å². The van der Waals surface area contributed by atoms with Gasteiger partial charge in [0.15, 0.2) is 0 Å². The van der Waals surface area contributed by atoms with Crippen molar-refractivity contribution < 1.29 is 0 Å². The van der Waals surface area contributed by atoms with Crippen LogP contribution in [-0.2, 0) is 10.8 Å². The Bertz CT molecular complexity index is 4340. The van der Waals surface area contributed by atoms with Gasteiger partial charge < -0.3 is 9.13 Å². The fourth-order valence-electron chi connectivity index (χ4n) is 13.9. The Morgan fingerprint density at radius 2 is 0.747 bits per heavy atom. The SMILES string of the molecule is Cc1cccc(C)c1-n1c2ccccc2c2cc3c4c(nc(-c5ccccc5C(C)(C)C)n4-c4cccc5c4B3c3cc4c6ccccc6n(-c6c(C)cccc6C)c4c4nc(-c6ccccc6C(C)(C)C)n-5c34)c21. The average Bonchev–Trinajstić information content (AvgIpc) is 4.16. The third-order valence-corrected chi connectivity index (χ3v) is 16.9. The molecule has 6 heterocycles. The number of hydrogen-bond acceptors (Lipinski definition) is 2. The van der Waals surface area contributed by atoms with Gasteiger partial charge in [0, 0.05) is 44.0 Å². The summed E-state index contributed by atoms with van der Waals surface area (Å²) in [4.78, 5) is 12.1. The summed E-state index contributed by atoms with van der Waals surface area (Å²) in [6, 6.07) is 61.4. The smallest absolute Gasteiger partial charge is 0.252 e. The van der Waals surface area contributed by atoms with Crippen LogP contribution in [-0.4, -0.2) is 34.9 Å². The van der Waals surface area contributed by atoms with Gasteiger partial charge in [0.2, 0.25) is 0 Å². The summed E-state index contributed by atoms with van der Waals surface area (Å²) in [7, 11) is 0. The van der Waals surface area contributed by atoms with Crippen LogP contribution in [0.25, 0.3) is 111 Å². The minimum Gasteiger partial charge on any atom is -0.307 e. The molecule has 6 nitrogen and oxygen atoms in total. The van der Waals surface area contributed by atoms with Crippen molar-refractivity contribution in [3.63, 3.8) is 0 Å². The molecule has 0 amide bonds. The molecule has 0 bridgehead atoms. The van der Waals surface area contributed by atoms with Crippen LogP contribution in [0.4, 0.5) is 0 Å². The number of aryl methyl sites for hydroxylation is 4. The second-order valence-corrected chi connectivity index (χ2v) is 23.6. The number of aromatic nitrogens is 6. The van der Waals surface area contributed by atoms with Crippen LogP contribution in [0, 0.1) is 27.7 Å². The van der Waals surface area contributed by atoms with E-state index in [0.29, 0.717) is 0 Å². The van der Waals surface area contributed by atoms with Crippen molar-refractivity contribution in [2.24, 2.45) is 0 Å². The first-order valence-electron chi connectivity index (χ1n) is 26.6. The molecule has 4 aromatic heterocycles. The highest BCUT2D eigenvalue weighted by Gasteiger charge is 2.44. The van der Waals surface area contributed by atoms with E-state index in [1.54, 1.807) is 0 Å². The first kappa shape index (κ1) is 44.1. The van der Waals surface area contributed by atoms with Crippen LogP contribution in [0.15, 0.2) is 164 Å². The lowest BCUT2D eigenvalue weighted by Gasteiger charge is -2.34. The van der Waals surface area contributed by atoms with Gasteiger partial charge in [-0.2, -0.15) is 0 Å². The quantitative estimate of drug-likeness (QED) is 0.165. The first-order valence-corrected chi connectivity index (χ1v) is 26.6. The maximum Gasteiger partial charge on any atom is 0.252 e. The summed E-state index contributed by atoms with van der Waals surface area (Å²) < 4.78 is 10.1. The topological polar surface area (TPSA) is 45.5 Å². The third-order valence-electron chi connectivity index (χ3n) is 16.9. The average molecular weight is 969 g/mol. The Balaban J connectivity index is 1.18. The van der Waals surface area contributed by atoms with Crippen molar-refractivity contribution in [3.8, 4) is 45.5 Å². The minimum absolute atomic E-state index is 0.147. The van der Waals surface area contributed by atoms with Gasteiger partial charge in [-0.1, -0.05) is 181 Å². The summed E-state index contributed by atoms with van der Waals surface area (Å²) in [6.07, 6.45) is 0. The van der Waals surface area contributed by atoms with Crippen molar-refractivity contribution >= 4 is 88.8 Å². The lowest BCUT2D eigenvalue weighted by molar-refractivity contribution is 0.591. The van der Waals surface area contributed by atoms with Gasteiger partial charge in [-0.15, -0.1) is 0 Å². The van der Waals surface area contributed by atoms with E-state index in [0.717, 1.165) is 67.3 Å². The number of hydrogen-bond donors (Lipinski definition) is 0. The Labute approximate surface area is 437 Å². The van der Waals surface area contributed by atoms with E-state index in [9.17, 15) is 0 Å². The molecule has 0 aliphatic carbocycles. The molecule has 0 atom stereocenters. The van der Waals surface area contributed by atoms with E-state index < -0.39 is 0 Å². The van der Waals surface area contributed by atoms with E-state index in [1.807, 2.05) is 0 Å². The van der Waals surface area contributed by atoms with E-state index in [2.05, 4.69) is 251 Å². The number of para-hydroxylation sites is 4. The zero-order chi connectivity index (χ0) is 51.1. The number of fused-ring (bicyclic) bond motifs is 12. The molecule has 9 aromatic carbocycles. The maximum atomic E-state index is 6.07. The summed E-state index contributed by atoms with van der Waals surface area (Å²) in [5.41, 5.74) is 27.0. The van der Waals surface area contributed by atoms with Crippen LogP contribution in [0.3, 0.4) is 0 Å². The van der Waals surface area contributed by atoms with E-state index in [4.69, 9.17) is 9.97 Å². The van der Waals surface area contributed by atoms with Crippen molar-refractivity contribution in [1.82, 2.24) is 28.2 Å². The molecule has 7 heteroatoms. The molecule has 362 valence electrons. The molecule has 0 fully saturated rings. The van der Waals surface area contributed by atoms with Crippen LogP contribution in [0.2, 0.25) is 0 Å². The fourth-order valence-corrected chi connectivity index (χ4v) is 13.9. The molecule has 0 saturated heterocycles. The lowest BCUT2D eigenvalue weighted by Crippen LogP contribution is -2.59. The molecule has 2 aliphatic heterocycles. The van der Waals surface area contributed by atoms with Crippen molar-refractivity contribution in [3.05, 3.63) is 197 Å². The number of rotatable bonds is 4. The van der Waals surface area contributed by atoms with E-state index in [1.165, 1.54) is 93.7 Å². The molecule has 0 radical (unpaired) electrons. The van der Waals surface area contributed by atoms with Crippen LogP contribution in [0.1, 0.15) is 74.9 Å². The highest BCUT2D eigenvalue weighted by Crippen LogP contribution is 2.47. The summed E-state index contributed by atoms with van der Waals surface area (Å²) in [6.45, 7) is 22.8. The predicted molar refractivity (Wildman–Crippen MR) is 316 cm³/mol. The van der Waals surface area contributed by atoms with Gasteiger partial charge in [-0.05, 0) is 113 Å². The normalized spacial score (nSPS) is 13.2. The summed E-state index contributed by atoms with van der Waals surface area (Å²) in [5, 5.41) is 4.86. The molecular formula is C68H57BN6. The fraction of sp³-hybridized carbons (Fsp3) is 0.176. The van der Waals surface area contributed by atoms with Crippen molar-refractivity contribution in [1.29, 1.82) is 0 Å². The van der Waals surface area contributed by atoms with Crippen LogP contribution in [0.5, 0.6) is 0 Å². The Morgan fingerprint density at radius 1 is 0.373 bits per heavy atom. The zero-order valence-corrected chi connectivity index (χ0v) is 44.3. The Morgan fingerprint density at radius 3 is 1.16 bits per heavy atom. The molecule has 13 aromatic rings. The third kappa shape index (κ3) is 5.81. The van der Waals surface area contributed by atoms with E-state index in [-0.39, 0.29) is 17.5 Å². The number of benzene rings is 9. The lowest BCUT2D eigenvalue weighted by atomic mass is 9.34. The standard InChI is InChI=1S/C68H57BN6/c1-38-22-19-23-39(2)59(38)72-52-32-17-13-26-42(52)46-36-50-63-57(61(46)72)70-65(44-28-11-15-30-48(44)67(5,6)7)74(63)54-34-21-35-55-56(54)69(50)51-37-47-43-27-14-18-33-53(43)73(60-40(3)24-20-25-41(60)4)62(47)58-64(51)75(55)66(71-58)45-29-12-16-31-49(45)68(8,9)10/h11-37H,1-10H3. The van der Waals surface area contributed by atoms with Crippen LogP contribution < -0.4 is 16.4 Å². The van der Waals surface area contributed by atoms with Gasteiger partial charge in [-0.3, -0.25) is 9.13 Å². The predicted octanol–water partition coefficient (Wildman–Crippen LogP) is 14.9. The molecule has 75 heavy (non-hydrogen) atoms. The first-order chi connectivity index (χ1) is 36.2. The number of imidazole rings is 2. The van der Waals surface area contributed by atoms with E-state index >= 15 is 0 Å². The molecular weight excluding hydrogens is 912 g/mol. The second-order valence-electron chi connectivity index (χ2n) is 23.6. The van der Waals surface area contributed by atoms with Crippen molar-refractivity contribution in [2.75, 3.05) is 0 Å². The van der Waals surface area contributed by atoms with Crippen molar-refractivity contribution in [2.45, 2.75) is 80.1 Å². The van der Waals surface area contributed by atoms with Crippen LogP contribution >= 0.6 is 0 Å². The Kier molecular flexibility index (Phi) is 8.88. The highest BCUT2D eigenvalue weighted by molar-refractivity contribution is 7.00. The summed E-state index contributed by atoms with van der Waals surface area (Å²) >= 11 is 0. The second kappa shape index (κ2) is 15.1. The minimum atomic E-state index is -0.149. The highest BCUT2D eigenvalue weighted by atomic mass is 15.1. The van der Waals surface area contributed by atoms with Gasteiger partial charge in [-0.25, -0.2) is 9.97 Å². The van der Waals surface area contributed by atoms with Gasteiger partial charge in [0.05, 0.1) is 44.5 Å². The monoisotopic (exact) mass is 968 g/mol. The molecule has 0 unspecified atom stereocenters. The zero-order valence-electron chi connectivity index (χ0n) is 44.3. The van der Waals surface area contributed by atoms with Gasteiger partial charge in [0.25, 0.3) is 6.71 Å². The molecule has 0 N–H and O–H groups in total.